The maximum absolute atomic E-state index is 16.6. The zero-order valence-corrected chi connectivity index (χ0v) is 32.6. The lowest BCUT2D eigenvalue weighted by molar-refractivity contribution is -0.181. The van der Waals surface area contributed by atoms with Gasteiger partial charge >= 0.3 is 0 Å². The second-order valence-corrected chi connectivity index (χ2v) is 15.7. The number of likely N-dealkylation sites (tertiary alicyclic amines) is 2. The van der Waals surface area contributed by atoms with Gasteiger partial charge < -0.3 is 37.2 Å². The molecule has 13 heteroatoms. The van der Waals surface area contributed by atoms with E-state index in [2.05, 4.69) is 22.5 Å². The van der Waals surface area contributed by atoms with Crippen LogP contribution in [0.1, 0.15) is 70.4 Å². The number of nitrogens with two attached hydrogens (primary N) is 2. The van der Waals surface area contributed by atoms with E-state index in [1.54, 1.807) is 4.90 Å². The Labute approximate surface area is 325 Å². The SMILES string of the molecule is C=CCC1(F)CN(C(C)=O)CCC12CN(C(=O)[C@@H](CCCCN)NC(=O)[C@@H](CC(C)C)NC(=O)[C@@H](Cc1ccccc1)NC(=O)[C@H](N)Cc1ccccc1)C2. The molecule has 0 radical (unpaired) electrons. The fraction of sp³-hybridized carbons (Fsp3) is 0.548. The molecule has 300 valence electrons. The molecule has 2 aliphatic heterocycles. The van der Waals surface area contributed by atoms with Crippen molar-refractivity contribution in [1.29, 1.82) is 0 Å². The van der Waals surface area contributed by atoms with Gasteiger partial charge in [-0.15, -0.1) is 6.58 Å². The van der Waals surface area contributed by atoms with Crippen LogP contribution >= 0.6 is 0 Å². The Balaban J connectivity index is 1.49. The van der Waals surface area contributed by atoms with Crippen molar-refractivity contribution >= 4 is 29.5 Å². The van der Waals surface area contributed by atoms with Crippen molar-refractivity contribution in [3.8, 4) is 0 Å². The molecule has 2 heterocycles. The number of carbonyl (C=O) groups is 5. The summed E-state index contributed by atoms with van der Waals surface area (Å²) in [6.07, 6.45) is 4.20. The van der Waals surface area contributed by atoms with Gasteiger partial charge in [-0.3, -0.25) is 24.0 Å². The predicted molar refractivity (Wildman–Crippen MR) is 211 cm³/mol. The monoisotopic (exact) mass is 761 g/mol. The standard InChI is InChI=1S/C42H60FN7O5/c1-5-19-42(43)28-49(30(4)51)22-20-41(42)26-50(27-41)40(55)34(18-12-13-21-44)46-38(53)35(23-29(2)3)48-39(54)36(25-32-16-10-7-11-17-32)47-37(52)33(45)24-31-14-8-6-9-15-31/h5-11,14-17,29,33-36H,1,12-13,18-28,44-45H2,2-4H3,(H,46,53)(H,47,52)(H,48,54)/t33-,34-,35-,36-,42?/m1/s1. The van der Waals surface area contributed by atoms with Crippen LogP contribution in [0, 0.1) is 11.3 Å². The smallest absolute Gasteiger partial charge is 0.245 e. The van der Waals surface area contributed by atoms with Crippen LogP contribution in [0.3, 0.4) is 0 Å². The highest BCUT2D eigenvalue weighted by Gasteiger charge is 2.62. The normalized spacial score (nSPS) is 19.8. The number of nitrogens with one attached hydrogen (secondary N) is 3. The molecule has 12 nitrogen and oxygen atoms in total. The molecule has 0 saturated carbocycles. The molecule has 5 amide bonds. The first kappa shape index (κ1) is 43.1. The first-order valence-corrected chi connectivity index (χ1v) is 19.5. The zero-order chi connectivity index (χ0) is 40.2. The van der Waals surface area contributed by atoms with Crippen LogP contribution in [0.25, 0.3) is 0 Å². The van der Waals surface area contributed by atoms with Crippen LogP contribution < -0.4 is 27.4 Å². The molecule has 0 aromatic heterocycles. The molecule has 1 unspecified atom stereocenters. The quantitative estimate of drug-likeness (QED) is 0.108. The Bertz CT molecular complexity index is 1620. The van der Waals surface area contributed by atoms with E-state index in [4.69, 9.17) is 11.5 Å². The molecular formula is C42H60FN7O5. The summed E-state index contributed by atoms with van der Waals surface area (Å²) in [6.45, 7) is 10.1. The van der Waals surface area contributed by atoms with Crippen molar-refractivity contribution in [2.45, 2.75) is 102 Å². The van der Waals surface area contributed by atoms with Crippen molar-refractivity contribution in [3.63, 3.8) is 0 Å². The third kappa shape index (κ3) is 11.5. The zero-order valence-electron chi connectivity index (χ0n) is 32.6. The van der Waals surface area contributed by atoms with E-state index in [9.17, 15) is 24.0 Å². The van der Waals surface area contributed by atoms with Crippen LogP contribution in [-0.4, -0.2) is 102 Å². The van der Waals surface area contributed by atoms with Gasteiger partial charge in [0.05, 0.1) is 12.6 Å². The van der Waals surface area contributed by atoms with E-state index in [1.807, 2.05) is 74.5 Å². The predicted octanol–water partition coefficient (Wildman–Crippen LogP) is 2.79. The highest BCUT2D eigenvalue weighted by atomic mass is 19.1. The molecule has 2 aliphatic rings. The van der Waals surface area contributed by atoms with Crippen molar-refractivity contribution in [2.75, 3.05) is 32.7 Å². The number of hydrogen-bond donors (Lipinski definition) is 5. The lowest BCUT2D eigenvalue weighted by Crippen LogP contribution is -2.73. The van der Waals surface area contributed by atoms with E-state index in [0.29, 0.717) is 38.8 Å². The second-order valence-electron chi connectivity index (χ2n) is 15.7. The molecule has 1 spiro atoms. The van der Waals surface area contributed by atoms with E-state index in [1.165, 1.54) is 17.9 Å². The fourth-order valence-corrected chi connectivity index (χ4v) is 7.70. The van der Waals surface area contributed by atoms with E-state index in [0.717, 1.165) is 11.1 Å². The van der Waals surface area contributed by atoms with Crippen LogP contribution in [0.15, 0.2) is 73.3 Å². The Morgan fingerprint density at radius 1 is 0.818 bits per heavy atom. The summed E-state index contributed by atoms with van der Waals surface area (Å²) < 4.78 is 16.6. The van der Waals surface area contributed by atoms with E-state index in [-0.39, 0.29) is 63.0 Å². The number of alkyl halides is 1. The molecule has 5 atom stereocenters. The summed E-state index contributed by atoms with van der Waals surface area (Å²) in [6, 6.07) is 14.7. The molecule has 55 heavy (non-hydrogen) atoms. The van der Waals surface area contributed by atoms with Gasteiger partial charge in [0.25, 0.3) is 0 Å². The molecule has 2 aromatic carbocycles. The third-order valence-electron chi connectivity index (χ3n) is 10.9. The highest BCUT2D eigenvalue weighted by Crippen LogP contribution is 2.51. The van der Waals surface area contributed by atoms with Crippen LogP contribution in [0.5, 0.6) is 0 Å². The van der Waals surface area contributed by atoms with Gasteiger partial charge in [0, 0.05) is 44.8 Å². The second kappa shape index (κ2) is 19.8. The highest BCUT2D eigenvalue weighted by molar-refractivity contribution is 5.95. The number of amides is 5. The number of hydrogen-bond acceptors (Lipinski definition) is 7. The first-order chi connectivity index (χ1) is 26.2. The van der Waals surface area contributed by atoms with E-state index < -0.39 is 53.0 Å². The van der Waals surface area contributed by atoms with Crippen molar-refractivity contribution < 1.29 is 28.4 Å². The lowest BCUT2D eigenvalue weighted by Gasteiger charge is -2.60. The van der Waals surface area contributed by atoms with Gasteiger partial charge in [-0.05, 0) is 62.1 Å². The molecule has 2 saturated heterocycles. The van der Waals surface area contributed by atoms with Crippen molar-refractivity contribution in [2.24, 2.45) is 22.8 Å². The van der Waals surface area contributed by atoms with Crippen molar-refractivity contribution in [3.05, 3.63) is 84.4 Å². The summed E-state index contributed by atoms with van der Waals surface area (Å²) in [7, 11) is 0. The third-order valence-corrected chi connectivity index (χ3v) is 10.9. The number of piperidine rings is 1. The van der Waals surface area contributed by atoms with Gasteiger partial charge in [-0.2, -0.15) is 0 Å². The van der Waals surface area contributed by atoms with Gasteiger partial charge in [0.15, 0.2) is 0 Å². The summed E-state index contributed by atoms with van der Waals surface area (Å²) in [4.78, 5) is 70.6. The Morgan fingerprint density at radius 2 is 1.38 bits per heavy atom. The van der Waals surface area contributed by atoms with Gasteiger partial charge in [-0.25, -0.2) is 4.39 Å². The minimum absolute atomic E-state index is 0.0115. The van der Waals surface area contributed by atoms with E-state index >= 15 is 4.39 Å². The minimum atomic E-state index is -1.74. The number of halogens is 1. The number of allylic oxidation sites excluding steroid dienone is 1. The number of nitrogens with zero attached hydrogens (tertiary/aromatic N) is 2. The average Bonchev–Trinajstić information content (AvgIpc) is 3.13. The summed E-state index contributed by atoms with van der Waals surface area (Å²) >= 11 is 0. The molecule has 2 fully saturated rings. The minimum Gasteiger partial charge on any atom is -0.343 e. The summed E-state index contributed by atoms with van der Waals surface area (Å²) in [5, 5.41) is 8.61. The molecule has 0 bridgehead atoms. The number of benzene rings is 2. The Hall–Kier alpha value is -4.62. The topological polar surface area (TPSA) is 180 Å². The Morgan fingerprint density at radius 3 is 1.95 bits per heavy atom. The van der Waals surface area contributed by atoms with Gasteiger partial charge in [-0.1, -0.05) is 80.6 Å². The molecule has 7 N–H and O–H groups in total. The van der Waals surface area contributed by atoms with Gasteiger partial charge in [0.1, 0.15) is 23.8 Å². The maximum Gasteiger partial charge on any atom is 0.245 e. The number of carbonyl (C=O) groups excluding carboxylic acids is 5. The number of unbranched alkanes of at least 4 members (excludes halogenated alkanes) is 1. The van der Waals surface area contributed by atoms with Crippen LogP contribution in [0.2, 0.25) is 0 Å². The lowest BCUT2D eigenvalue weighted by atomic mass is 9.61. The molecule has 0 aliphatic carbocycles. The van der Waals surface area contributed by atoms with Gasteiger partial charge in [0.2, 0.25) is 29.5 Å². The van der Waals surface area contributed by atoms with Crippen molar-refractivity contribution in [1.82, 2.24) is 25.8 Å². The molecule has 2 aromatic rings. The number of rotatable bonds is 19. The average molecular weight is 762 g/mol. The first-order valence-electron chi connectivity index (χ1n) is 19.5. The van der Waals surface area contributed by atoms with Crippen LogP contribution in [-0.2, 0) is 36.8 Å². The molecular weight excluding hydrogens is 702 g/mol. The molecule has 4 rings (SSSR count). The maximum atomic E-state index is 16.6. The fourth-order valence-electron chi connectivity index (χ4n) is 7.70. The largest absolute Gasteiger partial charge is 0.343 e. The Kier molecular flexibility index (Phi) is 15.5. The summed E-state index contributed by atoms with van der Waals surface area (Å²) in [5.74, 6) is -2.13. The summed E-state index contributed by atoms with van der Waals surface area (Å²) in [5.41, 5.74) is 11.2. The van der Waals surface area contributed by atoms with Crippen LogP contribution in [0.4, 0.5) is 4.39 Å².